The first kappa shape index (κ1) is 22.6. The van der Waals surface area contributed by atoms with E-state index in [1.807, 2.05) is 52.0 Å². The summed E-state index contributed by atoms with van der Waals surface area (Å²) in [4.78, 5) is 24.6. The highest BCUT2D eigenvalue weighted by molar-refractivity contribution is 6.32. The molecule has 0 unspecified atom stereocenters. The Morgan fingerprint density at radius 1 is 1.10 bits per heavy atom. The first-order valence-electron chi connectivity index (χ1n) is 9.33. The third-order valence-electron chi connectivity index (χ3n) is 4.01. The summed E-state index contributed by atoms with van der Waals surface area (Å²) in [6.45, 7) is 7.36. The lowest BCUT2D eigenvalue weighted by Gasteiger charge is -2.16. The van der Waals surface area contributed by atoms with Crippen LogP contribution in [-0.4, -0.2) is 31.7 Å². The van der Waals surface area contributed by atoms with Gasteiger partial charge < -0.3 is 19.5 Å². The number of amides is 1. The molecule has 0 spiro atoms. The first-order chi connectivity index (χ1) is 13.7. The van der Waals surface area contributed by atoms with Gasteiger partial charge >= 0.3 is 5.97 Å². The summed E-state index contributed by atoms with van der Waals surface area (Å²) in [7, 11) is 1.45. The van der Waals surface area contributed by atoms with Crippen molar-refractivity contribution < 1.29 is 23.8 Å². The maximum Gasteiger partial charge on any atom is 0.338 e. The molecular formula is C22H26ClNO5. The summed E-state index contributed by atoms with van der Waals surface area (Å²) < 4.78 is 16.0. The van der Waals surface area contributed by atoms with Gasteiger partial charge in [0.1, 0.15) is 0 Å². The molecule has 0 aromatic heterocycles. The molecule has 2 aromatic rings. The standard InChI is InChI=1S/C22H26ClNO5/c1-13(2)16-8-6-7-9-18(16)24-20(25)12-28-22(26)15-10-17(23)21(29-14(3)4)19(11-15)27-5/h6-11,13-14H,12H2,1-5H3,(H,24,25). The number of rotatable bonds is 8. The molecule has 6 nitrogen and oxygen atoms in total. The van der Waals surface area contributed by atoms with Crippen LogP contribution < -0.4 is 14.8 Å². The van der Waals surface area contributed by atoms with Crippen LogP contribution in [0.3, 0.4) is 0 Å². The third kappa shape index (κ3) is 6.12. The van der Waals surface area contributed by atoms with E-state index in [-0.39, 0.29) is 22.6 Å². The number of carbonyl (C=O) groups is 2. The Balaban J connectivity index is 2.05. The summed E-state index contributed by atoms with van der Waals surface area (Å²) in [5.74, 6) is -0.203. The zero-order chi connectivity index (χ0) is 21.6. The molecule has 2 aromatic carbocycles. The van der Waals surface area contributed by atoms with Crippen molar-refractivity contribution in [3.05, 3.63) is 52.5 Å². The quantitative estimate of drug-likeness (QED) is 0.605. The molecule has 0 aliphatic rings. The lowest BCUT2D eigenvalue weighted by molar-refractivity contribution is -0.119. The van der Waals surface area contributed by atoms with Crippen LogP contribution >= 0.6 is 11.6 Å². The molecule has 0 heterocycles. The van der Waals surface area contributed by atoms with Crippen LogP contribution in [0.2, 0.25) is 5.02 Å². The Morgan fingerprint density at radius 2 is 1.79 bits per heavy atom. The number of anilines is 1. The highest BCUT2D eigenvalue weighted by Crippen LogP contribution is 2.37. The Hall–Kier alpha value is -2.73. The van der Waals surface area contributed by atoms with E-state index in [9.17, 15) is 9.59 Å². The smallest absolute Gasteiger partial charge is 0.338 e. The monoisotopic (exact) mass is 419 g/mol. The molecule has 7 heteroatoms. The van der Waals surface area contributed by atoms with Gasteiger partial charge in [0.15, 0.2) is 18.1 Å². The van der Waals surface area contributed by atoms with E-state index in [0.717, 1.165) is 5.56 Å². The van der Waals surface area contributed by atoms with Gasteiger partial charge in [0.2, 0.25) is 0 Å². The molecular weight excluding hydrogens is 394 g/mol. The van der Waals surface area contributed by atoms with Crippen molar-refractivity contribution in [2.24, 2.45) is 0 Å². The molecule has 0 aliphatic carbocycles. The van der Waals surface area contributed by atoms with E-state index in [1.54, 1.807) is 0 Å². The summed E-state index contributed by atoms with van der Waals surface area (Å²) in [6, 6.07) is 10.4. The van der Waals surface area contributed by atoms with Crippen LogP contribution in [-0.2, 0) is 9.53 Å². The maximum absolute atomic E-state index is 12.4. The van der Waals surface area contributed by atoms with Crippen molar-refractivity contribution in [3.63, 3.8) is 0 Å². The van der Waals surface area contributed by atoms with Crippen molar-refractivity contribution in [2.45, 2.75) is 39.7 Å². The number of ether oxygens (including phenoxy) is 3. The molecule has 156 valence electrons. The molecule has 29 heavy (non-hydrogen) atoms. The molecule has 0 aliphatic heterocycles. The Labute approximate surface area is 176 Å². The summed E-state index contributed by atoms with van der Waals surface area (Å²) >= 11 is 6.23. The number of nitrogens with one attached hydrogen (secondary N) is 1. The number of esters is 1. The number of methoxy groups -OCH3 is 1. The second-order valence-electron chi connectivity index (χ2n) is 7.02. The average molecular weight is 420 g/mol. The van der Waals surface area contributed by atoms with Gasteiger partial charge in [-0.15, -0.1) is 0 Å². The van der Waals surface area contributed by atoms with Crippen molar-refractivity contribution in [3.8, 4) is 11.5 Å². The summed E-state index contributed by atoms with van der Waals surface area (Å²) in [6.07, 6.45) is -0.114. The summed E-state index contributed by atoms with van der Waals surface area (Å²) in [5.41, 5.74) is 1.87. The predicted molar refractivity (Wildman–Crippen MR) is 113 cm³/mol. The molecule has 1 N–H and O–H groups in total. The third-order valence-corrected chi connectivity index (χ3v) is 4.29. The van der Waals surface area contributed by atoms with Crippen molar-refractivity contribution in [2.75, 3.05) is 19.0 Å². The molecule has 1 amide bonds. The van der Waals surface area contributed by atoms with E-state index < -0.39 is 18.5 Å². The second kappa shape index (κ2) is 10.2. The Kier molecular flexibility index (Phi) is 7.91. The fourth-order valence-electron chi connectivity index (χ4n) is 2.70. The van der Waals surface area contributed by atoms with Gasteiger partial charge in [0.25, 0.3) is 5.91 Å². The number of hydrogen-bond acceptors (Lipinski definition) is 5. The van der Waals surface area contributed by atoms with E-state index in [4.69, 9.17) is 25.8 Å². The van der Waals surface area contributed by atoms with Gasteiger partial charge in [0, 0.05) is 5.69 Å². The van der Waals surface area contributed by atoms with E-state index in [0.29, 0.717) is 17.2 Å². The summed E-state index contributed by atoms with van der Waals surface area (Å²) in [5, 5.41) is 3.00. The Morgan fingerprint density at radius 3 is 2.41 bits per heavy atom. The highest BCUT2D eigenvalue weighted by Gasteiger charge is 2.19. The number of benzene rings is 2. The SMILES string of the molecule is COc1cc(C(=O)OCC(=O)Nc2ccccc2C(C)C)cc(Cl)c1OC(C)C. The van der Waals surface area contributed by atoms with Crippen molar-refractivity contribution in [1.29, 1.82) is 0 Å². The van der Waals surface area contributed by atoms with Gasteiger partial charge in [-0.1, -0.05) is 43.6 Å². The molecule has 0 saturated carbocycles. The molecule has 0 bridgehead atoms. The minimum Gasteiger partial charge on any atom is -0.493 e. The van der Waals surface area contributed by atoms with E-state index >= 15 is 0 Å². The van der Waals surface area contributed by atoms with Gasteiger partial charge in [0.05, 0.1) is 23.8 Å². The molecule has 0 atom stereocenters. The zero-order valence-electron chi connectivity index (χ0n) is 17.2. The van der Waals surface area contributed by atoms with Crippen LogP contribution in [0.15, 0.2) is 36.4 Å². The first-order valence-corrected chi connectivity index (χ1v) is 9.70. The van der Waals surface area contributed by atoms with Gasteiger partial charge in [-0.25, -0.2) is 4.79 Å². The van der Waals surface area contributed by atoms with Crippen molar-refractivity contribution in [1.82, 2.24) is 0 Å². The van der Waals surface area contributed by atoms with E-state index in [2.05, 4.69) is 5.32 Å². The fourth-order valence-corrected chi connectivity index (χ4v) is 2.96. The van der Waals surface area contributed by atoms with Gasteiger partial charge in [-0.3, -0.25) is 4.79 Å². The normalized spacial score (nSPS) is 10.8. The second-order valence-corrected chi connectivity index (χ2v) is 7.43. The number of halogens is 1. The fraction of sp³-hybridized carbons (Fsp3) is 0.364. The van der Waals surface area contributed by atoms with E-state index in [1.165, 1.54) is 19.2 Å². The van der Waals surface area contributed by atoms with Crippen LogP contribution in [0.5, 0.6) is 11.5 Å². The Bertz CT molecular complexity index is 880. The minimum absolute atomic E-state index is 0.114. The van der Waals surface area contributed by atoms with Gasteiger partial charge in [-0.2, -0.15) is 0 Å². The highest BCUT2D eigenvalue weighted by atomic mass is 35.5. The van der Waals surface area contributed by atoms with Crippen molar-refractivity contribution >= 4 is 29.2 Å². The van der Waals surface area contributed by atoms with Crippen LogP contribution in [0, 0.1) is 0 Å². The number of carbonyl (C=O) groups excluding carboxylic acids is 2. The van der Waals surface area contributed by atoms with Crippen LogP contribution in [0.25, 0.3) is 0 Å². The molecule has 0 saturated heterocycles. The number of para-hydroxylation sites is 1. The molecule has 2 rings (SSSR count). The molecule has 0 fully saturated rings. The van der Waals surface area contributed by atoms with Crippen LogP contribution in [0.1, 0.15) is 49.5 Å². The maximum atomic E-state index is 12.4. The van der Waals surface area contributed by atoms with Gasteiger partial charge in [-0.05, 0) is 43.5 Å². The number of hydrogen-bond donors (Lipinski definition) is 1. The predicted octanol–water partition coefficient (Wildman–Crippen LogP) is 5.05. The lowest BCUT2D eigenvalue weighted by Crippen LogP contribution is -2.21. The average Bonchev–Trinajstić information content (AvgIpc) is 2.67. The molecule has 0 radical (unpaired) electrons. The topological polar surface area (TPSA) is 73.9 Å². The minimum atomic E-state index is -0.686. The lowest BCUT2D eigenvalue weighted by atomic mass is 10.0. The largest absolute Gasteiger partial charge is 0.493 e. The zero-order valence-corrected chi connectivity index (χ0v) is 18.0. The van der Waals surface area contributed by atoms with Crippen LogP contribution in [0.4, 0.5) is 5.69 Å².